The van der Waals surface area contributed by atoms with Crippen molar-refractivity contribution in [3.8, 4) is 0 Å². The molecule has 19 heavy (non-hydrogen) atoms. The van der Waals surface area contributed by atoms with Gasteiger partial charge in [0.2, 0.25) is 11.5 Å². The summed E-state index contributed by atoms with van der Waals surface area (Å²) in [6, 6.07) is 1.87. The van der Waals surface area contributed by atoms with E-state index in [1.807, 2.05) is 0 Å². The molecule has 2 N–H and O–H groups in total. The molecule has 102 valence electrons. The summed E-state index contributed by atoms with van der Waals surface area (Å²) >= 11 is 0. The molecule has 0 spiro atoms. The fourth-order valence-electron chi connectivity index (χ4n) is 1.50. The van der Waals surface area contributed by atoms with Gasteiger partial charge in [0.1, 0.15) is 5.69 Å². The Labute approximate surface area is 105 Å². The van der Waals surface area contributed by atoms with E-state index in [0.29, 0.717) is 0 Å². The van der Waals surface area contributed by atoms with Gasteiger partial charge in [0.15, 0.2) is 0 Å². The average molecular weight is 274 g/mol. The zero-order valence-electron chi connectivity index (χ0n) is 9.75. The highest BCUT2D eigenvalue weighted by atomic mass is 19.4. The molecular weight excluding hydrogens is 265 g/mol. The van der Waals surface area contributed by atoms with E-state index in [2.05, 4.69) is 9.72 Å². The topological polar surface area (TPSA) is 78.3 Å². The van der Waals surface area contributed by atoms with Crippen molar-refractivity contribution in [1.82, 2.24) is 4.98 Å². The molecule has 0 bridgehead atoms. The Hall–Kier alpha value is -2.25. The first-order valence-corrected chi connectivity index (χ1v) is 5.28. The molecule has 0 radical (unpaired) electrons. The van der Waals surface area contributed by atoms with Crippen molar-refractivity contribution in [3.63, 3.8) is 0 Å². The molecule has 0 fully saturated rings. The molecule has 2 heterocycles. The number of aromatic nitrogens is 1. The summed E-state index contributed by atoms with van der Waals surface area (Å²) in [7, 11) is 0. The van der Waals surface area contributed by atoms with Crippen LogP contribution in [0.4, 0.5) is 18.9 Å². The third-order valence-electron chi connectivity index (χ3n) is 2.35. The van der Waals surface area contributed by atoms with Gasteiger partial charge in [0, 0.05) is 0 Å². The summed E-state index contributed by atoms with van der Waals surface area (Å²) in [5.74, 6) is -1.18. The van der Waals surface area contributed by atoms with Gasteiger partial charge in [-0.15, -0.1) is 0 Å². The summed E-state index contributed by atoms with van der Waals surface area (Å²) in [6.07, 6.45) is -4.60. The molecule has 0 unspecified atom stereocenters. The highest BCUT2D eigenvalue weighted by Crippen LogP contribution is 2.32. The minimum atomic E-state index is -4.60. The van der Waals surface area contributed by atoms with E-state index < -0.39 is 17.8 Å². The van der Waals surface area contributed by atoms with E-state index in [0.717, 1.165) is 12.1 Å². The van der Waals surface area contributed by atoms with E-state index >= 15 is 0 Å². The Balaban J connectivity index is 2.54. The number of hydrogen-bond donors (Lipinski definition) is 1. The highest BCUT2D eigenvalue weighted by molar-refractivity contribution is 6.02. The third-order valence-corrected chi connectivity index (χ3v) is 2.35. The Kier molecular flexibility index (Phi) is 3.09. The minimum Gasteiger partial charge on any atom is -0.460 e. The number of halogens is 3. The van der Waals surface area contributed by atoms with E-state index in [1.54, 1.807) is 6.92 Å². The maximum atomic E-state index is 12.5. The number of fused-ring (bicyclic) bond motifs is 1. The molecular formula is C11H9F3N2O3. The number of esters is 1. The summed E-state index contributed by atoms with van der Waals surface area (Å²) < 4.78 is 47.0. The van der Waals surface area contributed by atoms with Crippen LogP contribution >= 0.6 is 0 Å². The second kappa shape index (κ2) is 4.45. The Morgan fingerprint density at radius 1 is 1.47 bits per heavy atom. The zero-order valence-corrected chi connectivity index (χ0v) is 9.75. The second-order valence-electron chi connectivity index (χ2n) is 3.61. The van der Waals surface area contributed by atoms with Gasteiger partial charge in [-0.05, 0) is 19.1 Å². The van der Waals surface area contributed by atoms with Crippen molar-refractivity contribution in [1.29, 1.82) is 0 Å². The number of nitrogen functional groups attached to an aromatic ring is 1. The van der Waals surface area contributed by atoms with Crippen LogP contribution in [0.15, 0.2) is 16.5 Å². The highest BCUT2D eigenvalue weighted by Gasteiger charge is 2.33. The van der Waals surface area contributed by atoms with Crippen LogP contribution in [0.5, 0.6) is 0 Å². The summed E-state index contributed by atoms with van der Waals surface area (Å²) in [4.78, 5) is 14.8. The first-order chi connectivity index (χ1) is 8.84. The summed E-state index contributed by atoms with van der Waals surface area (Å²) in [5, 5.41) is 0.135. The fraction of sp³-hybridized carbons (Fsp3) is 0.273. The number of furan rings is 1. The number of ether oxygens (including phenoxy) is 1. The summed E-state index contributed by atoms with van der Waals surface area (Å²) in [5.41, 5.74) is 4.05. The first-order valence-electron chi connectivity index (χ1n) is 5.28. The number of alkyl halides is 3. The number of pyridine rings is 1. The molecule has 2 aromatic rings. The van der Waals surface area contributed by atoms with Crippen LogP contribution in [0.25, 0.3) is 11.1 Å². The predicted octanol–water partition coefficient (Wildman–Crippen LogP) is 2.61. The molecule has 0 amide bonds. The number of carbonyl (C=O) groups excluding carboxylic acids is 1. The van der Waals surface area contributed by atoms with Crippen LogP contribution < -0.4 is 5.73 Å². The minimum absolute atomic E-state index is 0.0883. The number of anilines is 1. The third kappa shape index (κ3) is 2.33. The molecule has 0 aliphatic heterocycles. The molecule has 2 rings (SSSR count). The van der Waals surface area contributed by atoms with Gasteiger partial charge in [-0.1, -0.05) is 0 Å². The van der Waals surface area contributed by atoms with Crippen molar-refractivity contribution in [2.45, 2.75) is 13.1 Å². The van der Waals surface area contributed by atoms with Gasteiger partial charge < -0.3 is 14.9 Å². The van der Waals surface area contributed by atoms with E-state index in [4.69, 9.17) is 10.2 Å². The number of nitrogens with zero attached hydrogens (tertiary/aromatic N) is 1. The Morgan fingerprint density at radius 3 is 2.74 bits per heavy atom. The van der Waals surface area contributed by atoms with Crippen molar-refractivity contribution in [3.05, 3.63) is 23.6 Å². The zero-order chi connectivity index (χ0) is 14.2. The van der Waals surface area contributed by atoms with Crippen molar-refractivity contribution >= 4 is 22.8 Å². The average Bonchev–Trinajstić information content (AvgIpc) is 2.66. The van der Waals surface area contributed by atoms with Gasteiger partial charge in [-0.3, -0.25) is 0 Å². The molecule has 0 aliphatic rings. The largest absolute Gasteiger partial charge is 0.460 e. The SMILES string of the molecule is CCOC(=O)c1oc2nc(C(F)(F)F)ccc2c1N. The van der Waals surface area contributed by atoms with E-state index in [-0.39, 0.29) is 29.2 Å². The lowest BCUT2D eigenvalue weighted by Crippen LogP contribution is -2.07. The van der Waals surface area contributed by atoms with Crippen LogP contribution in [0.2, 0.25) is 0 Å². The fourth-order valence-corrected chi connectivity index (χ4v) is 1.50. The lowest BCUT2D eigenvalue weighted by atomic mass is 10.2. The van der Waals surface area contributed by atoms with Gasteiger partial charge in [-0.2, -0.15) is 13.2 Å². The normalized spacial score (nSPS) is 11.8. The lowest BCUT2D eigenvalue weighted by Gasteiger charge is -2.03. The van der Waals surface area contributed by atoms with Crippen LogP contribution in [0.3, 0.4) is 0 Å². The smallest absolute Gasteiger partial charge is 0.433 e. The lowest BCUT2D eigenvalue weighted by molar-refractivity contribution is -0.141. The number of nitrogens with two attached hydrogens (primary N) is 1. The molecule has 8 heteroatoms. The van der Waals surface area contributed by atoms with Crippen molar-refractivity contribution in [2.24, 2.45) is 0 Å². The molecule has 0 saturated heterocycles. The maximum absolute atomic E-state index is 12.5. The van der Waals surface area contributed by atoms with Crippen LogP contribution in [-0.4, -0.2) is 17.6 Å². The molecule has 0 atom stereocenters. The molecule has 5 nitrogen and oxygen atoms in total. The van der Waals surface area contributed by atoms with Gasteiger partial charge in [0.25, 0.3) is 0 Å². The van der Waals surface area contributed by atoms with E-state index in [1.165, 1.54) is 0 Å². The second-order valence-corrected chi connectivity index (χ2v) is 3.61. The monoisotopic (exact) mass is 274 g/mol. The Bertz CT molecular complexity index is 634. The number of hydrogen-bond acceptors (Lipinski definition) is 5. The van der Waals surface area contributed by atoms with Crippen molar-refractivity contribution < 1.29 is 27.1 Å². The molecule has 2 aromatic heterocycles. The molecule has 0 aromatic carbocycles. The number of carbonyl (C=O) groups is 1. The van der Waals surface area contributed by atoms with E-state index in [9.17, 15) is 18.0 Å². The summed E-state index contributed by atoms with van der Waals surface area (Å²) in [6.45, 7) is 1.67. The Morgan fingerprint density at radius 2 is 2.16 bits per heavy atom. The van der Waals surface area contributed by atoms with Gasteiger partial charge in [0.05, 0.1) is 17.7 Å². The van der Waals surface area contributed by atoms with Gasteiger partial charge >= 0.3 is 12.1 Å². The van der Waals surface area contributed by atoms with Crippen LogP contribution in [-0.2, 0) is 10.9 Å². The van der Waals surface area contributed by atoms with Crippen molar-refractivity contribution in [2.75, 3.05) is 12.3 Å². The van der Waals surface area contributed by atoms with Crippen LogP contribution in [0.1, 0.15) is 23.2 Å². The quantitative estimate of drug-likeness (QED) is 0.851. The molecule has 0 aliphatic carbocycles. The predicted molar refractivity (Wildman–Crippen MR) is 59.4 cm³/mol. The van der Waals surface area contributed by atoms with Gasteiger partial charge in [-0.25, -0.2) is 9.78 Å². The number of rotatable bonds is 2. The standard InChI is InChI=1S/C11H9F3N2O3/c1-2-18-10(17)8-7(15)5-3-4-6(11(12,13)14)16-9(5)19-8/h3-4H,2,15H2,1H3. The molecule has 0 saturated carbocycles. The first kappa shape index (κ1) is 13.2. The van der Waals surface area contributed by atoms with Crippen LogP contribution in [0, 0.1) is 0 Å². The maximum Gasteiger partial charge on any atom is 0.433 e.